The summed E-state index contributed by atoms with van der Waals surface area (Å²) in [7, 11) is 0. The average Bonchev–Trinajstić information content (AvgIpc) is 2.88. The summed E-state index contributed by atoms with van der Waals surface area (Å²) < 4.78 is 0. The normalized spacial score (nSPS) is 22.9. The van der Waals surface area contributed by atoms with Crippen molar-refractivity contribution in [2.24, 2.45) is 0 Å². The summed E-state index contributed by atoms with van der Waals surface area (Å²) >= 11 is 0. The van der Waals surface area contributed by atoms with Gasteiger partial charge < -0.3 is 10.6 Å². The third-order valence-electron chi connectivity index (χ3n) is 6.25. The van der Waals surface area contributed by atoms with Gasteiger partial charge in [-0.3, -0.25) is 4.90 Å². The maximum Gasteiger partial charge on any atom is 0.222 e. The molecule has 1 aromatic carbocycles. The van der Waals surface area contributed by atoms with Crippen LogP contribution in [0.1, 0.15) is 36.8 Å². The fourth-order valence-electron chi connectivity index (χ4n) is 5.03. The van der Waals surface area contributed by atoms with E-state index in [0.717, 1.165) is 43.9 Å². The van der Waals surface area contributed by atoms with Crippen LogP contribution in [0.5, 0.6) is 0 Å². The number of fused-ring (bicyclic) bond motifs is 4. The van der Waals surface area contributed by atoms with Crippen LogP contribution in [0.3, 0.4) is 0 Å². The molecule has 0 spiro atoms. The van der Waals surface area contributed by atoms with Crippen molar-refractivity contribution in [1.29, 1.82) is 0 Å². The maximum absolute atomic E-state index is 6.18. The third kappa shape index (κ3) is 2.75. The lowest BCUT2D eigenvalue weighted by Crippen LogP contribution is -2.37. The van der Waals surface area contributed by atoms with E-state index in [0.29, 0.717) is 12.0 Å². The van der Waals surface area contributed by atoms with Crippen LogP contribution in [-0.2, 0) is 12.8 Å². The first-order valence-corrected chi connectivity index (χ1v) is 10.0. The molecule has 2 saturated heterocycles. The Labute approximate surface area is 155 Å². The molecular formula is C21H27N5. The molecular weight excluding hydrogens is 322 g/mol. The highest BCUT2D eigenvalue weighted by Gasteiger charge is 2.31. The van der Waals surface area contributed by atoms with Gasteiger partial charge in [-0.1, -0.05) is 24.3 Å². The van der Waals surface area contributed by atoms with Gasteiger partial charge in [0.25, 0.3) is 0 Å². The van der Waals surface area contributed by atoms with E-state index >= 15 is 0 Å². The van der Waals surface area contributed by atoms with Crippen molar-refractivity contribution >= 4 is 11.8 Å². The molecule has 1 unspecified atom stereocenters. The van der Waals surface area contributed by atoms with Crippen LogP contribution in [0.4, 0.5) is 11.8 Å². The molecule has 3 aliphatic rings. The molecule has 0 amide bonds. The second-order valence-electron chi connectivity index (χ2n) is 7.87. The number of aryl methyl sites for hydroxylation is 1. The fourth-order valence-corrected chi connectivity index (χ4v) is 5.03. The van der Waals surface area contributed by atoms with Crippen molar-refractivity contribution < 1.29 is 0 Å². The lowest BCUT2D eigenvalue weighted by molar-refractivity contribution is 0.273. The summed E-state index contributed by atoms with van der Waals surface area (Å²) in [5, 5.41) is 0. The highest BCUT2D eigenvalue weighted by atomic mass is 15.3. The number of hydrogen-bond donors (Lipinski definition) is 1. The van der Waals surface area contributed by atoms with Crippen molar-refractivity contribution in [3.05, 3.63) is 35.4 Å². The van der Waals surface area contributed by atoms with Crippen molar-refractivity contribution in [2.45, 2.75) is 44.6 Å². The number of anilines is 2. The highest BCUT2D eigenvalue weighted by Crippen LogP contribution is 2.36. The molecule has 0 bridgehead atoms. The van der Waals surface area contributed by atoms with Crippen LogP contribution < -0.4 is 10.6 Å². The quantitative estimate of drug-likeness (QED) is 0.858. The summed E-state index contributed by atoms with van der Waals surface area (Å²) in [5.74, 6) is 1.50. The molecule has 1 aromatic heterocycles. The van der Waals surface area contributed by atoms with Crippen LogP contribution >= 0.6 is 0 Å². The van der Waals surface area contributed by atoms with Crippen LogP contribution in [-0.4, -0.2) is 47.1 Å². The van der Waals surface area contributed by atoms with Crippen molar-refractivity contribution in [1.82, 2.24) is 14.9 Å². The number of nitrogen functional groups attached to an aromatic ring is 1. The minimum Gasteiger partial charge on any atom is -0.368 e. The van der Waals surface area contributed by atoms with Gasteiger partial charge >= 0.3 is 0 Å². The molecule has 26 heavy (non-hydrogen) atoms. The molecule has 0 radical (unpaired) electrons. The SMILES string of the molecule is Nc1nc2c(c(N3CCCN4CCCC4C3)n1)CCCc1ccccc1-2. The van der Waals surface area contributed by atoms with E-state index in [1.54, 1.807) is 0 Å². The second kappa shape index (κ2) is 6.54. The van der Waals surface area contributed by atoms with Crippen LogP contribution in [0.15, 0.2) is 24.3 Å². The van der Waals surface area contributed by atoms with E-state index in [9.17, 15) is 0 Å². The van der Waals surface area contributed by atoms with E-state index in [-0.39, 0.29) is 0 Å². The van der Waals surface area contributed by atoms with Gasteiger partial charge in [0.2, 0.25) is 5.95 Å². The molecule has 1 atom stereocenters. The molecule has 2 fully saturated rings. The lowest BCUT2D eigenvalue weighted by atomic mass is 10.0. The van der Waals surface area contributed by atoms with Gasteiger partial charge in [-0.05, 0) is 50.6 Å². The average molecular weight is 349 g/mol. The highest BCUT2D eigenvalue weighted by molar-refractivity contribution is 5.74. The minimum atomic E-state index is 0.406. The fraction of sp³-hybridized carbons (Fsp3) is 0.524. The minimum absolute atomic E-state index is 0.406. The largest absolute Gasteiger partial charge is 0.368 e. The standard InChI is InChI=1S/C21H27N5/c22-21-23-19-17-9-2-1-6-15(17)7-3-10-18(19)20(24-21)26-13-5-12-25-11-4-8-16(25)14-26/h1-2,6,9,16H,3-5,7-8,10-14H2,(H2,22,23,24). The smallest absolute Gasteiger partial charge is 0.222 e. The van der Waals surface area contributed by atoms with Crippen molar-refractivity contribution in [3.8, 4) is 11.3 Å². The Kier molecular flexibility index (Phi) is 4.04. The summed E-state index contributed by atoms with van der Waals surface area (Å²) in [4.78, 5) is 14.6. The molecule has 1 aliphatic carbocycles. The first kappa shape index (κ1) is 16.1. The Morgan fingerprint density at radius 2 is 1.85 bits per heavy atom. The summed E-state index contributed by atoms with van der Waals surface area (Å²) in [6, 6.07) is 9.32. The molecule has 5 rings (SSSR count). The van der Waals surface area contributed by atoms with Gasteiger partial charge in [0.1, 0.15) is 5.82 Å². The summed E-state index contributed by atoms with van der Waals surface area (Å²) in [6.07, 6.45) is 7.12. The Morgan fingerprint density at radius 1 is 0.962 bits per heavy atom. The lowest BCUT2D eigenvalue weighted by Gasteiger charge is -2.28. The molecule has 2 aromatic rings. The van der Waals surface area contributed by atoms with E-state index in [4.69, 9.17) is 15.7 Å². The predicted molar refractivity (Wildman–Crippen MR) is 105 cm³/mol. The van der Waals surface area contributed by atoms with Crippen LogP contribution in [0.2, 0.25) is 0 Å². The maximum atomic E-state index is 6.18. The first-order chi connectivity index (χ1) is 12.8. The Hall–Kier alpha value is -2.14. The van der Waals surface area contributed by atoms with E-state index in [1.807, 2.05) is 0 Å². The zero-order valence-electron chi connectivity index (χ0n) is 15.3. The van der Waals surface area contributed by atoms with Gasteiger partial charge in [0.05, 0.1) is 5.69 Å². The predicted octanol–water partition coefficient (Wildman–Crippen LogP) is 2.89. The number of nitrogens with two attached hydrogens (primary N) is 1. The number of hydrogen-bond acceptors (Lipinski definition) is 5. The molecule has 2 aliphatic heterocycles. The van der Waals surface area contributed by atoms with Crippen LogP contribution in [0, 0.1) is 0 Å². The van der Waals surface area contributed by atoms with Gasteiger partial charge in [0, 0.05) is 36.8 Å². The molecule has 136 valence electrons. The molecule has 5 nitrogen and oxygen atoms in total. The zero-order chi connectivity index (χ0) is 17.5. The summed E-state index contributed by atoms with van der Waals surface area (Å²) in [6.45, 7) is 4.62. The Bertz CT molecular complexity index is 818. The van der Waals surface area contributed by atoms with E-state index in [2.05, 4.69) is 34.1 Å². The second-order valence-corrected chi connectivity index (χ2v) is 7.87. The number of aromatic nitrogens is 2. The zero-order valence-corrected chi connectivity index (χ0v) is 15.3. The van der Waals surface area contributed by atoms with E-state index in [1.165, 1.54) is 49.0 Å². The number of benzene rings is 1. The van der Waals surface area contributed by atoms with E-state index < -0.39 is 0 Å². The molecule has 5 heteroatoms. The number of nitrogens with zero attached hydrogens (tertiary/aromatic N) is 4. The molecule has 0 saturated carbocycles. The topological polar surface area (TPSA) is 58.3 Å². The Morgan fingerprint density at radius 3 is 2.81 bits per heavy atom. The molecule has 3 heterocycles. The first-order valence-electron chi connectivity index (χ1n) is 10.0. The van der Waals surface area contributed by atoms with Gasteiger partial charge in [-0.15, -0.1) is 0 Å². The summed E-state index contributed by atoms with van der Waals surface area (Å²) in [5.41, 5.74) is 11.2. The van der Waals surface area contributed by atoms with Gasteiger partial charge in [-0.25, -0.2) is 4.98 Å². The van der Waals surface area contributed by atoms with Crippen molar-refractivity contribution in [2.75, 3.05) is 36.8 Å². The van der Waals surface area contributed by atoms with Crippen molar-refractivity contribution in [3.63, 3.8) is 0 Å². The monoisotopic (exact) mass is 349 g/mol. The van der Waals surface area contributed by atoms with Gasteiger partial charge in [-0.2, -0.15) is 4.98 Å². The Balaban J connectivity index is 1.59. The van der Waals surface area contributed by atoms with Gasteiger partial charge in [0.15, 0.2) is 0 Å². The van der Waals surface area contributed by atoms with Crippen LogP contribution in [0.25, 0.3) is 11.3 Å². The molecule has 2 N–H and O–H groups in total. The third-order valence-corrected chi connectivity index (χ3v) is 6.25. The number of rotatable bonds is 1.